The minimum absolute atomic E-state index is 0.885. The van der Waals surface area contributed by atoms with E-state index in [1.54, 1.807) is 0 Å². The van der Waals surface area contributed by atoms with E-state index in [2.05, 4.69) is 65.5 Å². The molecule has 0 amide bonds. The average Bonchev–Trinajstić information content (AvgIpc) is 2.49. The smallest absolute Gasteiger partial charge is 0.135 e. The number of nitrogens with one attached hydrogen (secondary N) is 1. The first-order valence-corrected chi connectivity index (χ1v) is 7.08. The molecule has 3 rings (SSSR count). The van der Waals surface area contributed by atoms with Crippen LogP contribution in [0.4, 0.5) is 23.0 Å². The fourth-order valence-corrected chi connectivity index (χ4v) is 2.60. The maximum absolute atomic E-state index is 4.71. The zero-order valence-electron chi connectivity index (χ0n) is 12.0. The number of hydrogen-bond acceptors (Lipinski definition) is 4. The molecule has 0 aliphatic carbocycles. The highest BCUT2D eigenvalue weighted by molar-refractivity contribution is 5.78. The Morgan fingerprint density at radius 1 is 1.05 bits per heavy atom. The van der Waals surface area contributed by atoms with Gasteiger partial charge in [0.2, 0.25) is 0 Å². The molecule has 0 atom stereocenters. The lowest BCUT2D eigenvalue weighted by atomic mass is 10.1. The Hall–Kier alpha value is -2.23. The van der Waals surface area contributed by atoms with Crippen LogP contribution in [0.2, 0.25) is 0 Å². The second-order valence-corrected chi connectivity index (χ2v) is 4.97. The highest BCUT2D eigenvalue weighted by atomic mass is 15.3. The van der Waals surface area contributed by atoms with Crippen LogP contribution in [0.3, 0.4) is 0 Å². The molecule has 0 spiro atoms. The van der Waals surface area contributed by atoms with Gasteiger partial charge in [-0.15, -0.1) is 0 Å². The van der Waals surface area contributed by atoms with Gasteiger partial charge in [0.25, 0.3) is 0 Å². The van der Waals surface area contributed by atoms with E-state index in [9.17, 15) is 0 Å². The van der Waals surface area contributed by atoms with Crippen LogP contribution in [0, 0.1) is 0 Å². The van der Waals surface area contributed by atoms with Gasteiger partial charge >= 0.3 is 0 Å². The van der Waals surface area contributed by atoms with Crippen LogP contribution in [-0.4, -0.2) is 31.7 Å². The van der Waals surface area contributed by atoms with Crippen LogP contribution in [-0.2, 0) is 0 Å². The number of aromatic nitrogens is 1. The lowest BCUT2D eigenvalue weighted by Gasteiger charge is -2.36. The molecule has 1 aromatic carbocycles. The third-order valence-electron chi connectivity index (χ3n) is 3.61. The summed E-state index contributed by atoms with van der Waals surface area (Å²) in [5.41, 5.74) is 2.48. The number of benzene rings is 1. The molecule has 1 N–H and O–H groups in total. The van der Waals surface area contributed by atoms with Crippen LogP contribution in [0.25, 0.3) is 0 Å². The van der Waals surface area contributed by atoms with Crippen molar-refractivity contribution in [2.24, 2.45) is 0 Å². The molecule has 1 aromatic heterocycles. The van der Waals surface area contributed by atoms with Crippen molar-refractivity contribution in [2.45, 2.75) is 6.92 Å². The Morgan fingerprint density at radius 2 is 1.85 bits per heavy atom. The molecule has 0 unspecified atom stereocenters. The number of nitrogens with zero attached hydrogens (tertiary/aromatic N) is 3. The first-order valence-electron chi connectivity index (χ1n) is 7.08. The van der Waals surface area contributed by atoms with E-state index in [1.807, 2.05) is 6.07 Å². The topological polar surface area (TPSA) is 31.4 Å². The zero-order valence-corrected chi connectivity index (χ0v) is 12.0. The molecule has 4 heteroatoms. The maximum atomic E-state index is 4.71. The summed E-state index contributed by atoms with van der Waals surface area (Å²) < 4.78 is 0. The van der Waals surface area contributed by atoms with Crippen LogP contribution in [0.1, 0.15) is 6.92 Å². The van der Waals surface area contributed by atoms with E-state index in [4.69, 9.17) is 4.98 Å². The van der Waals surface area contributed by atoms with Crippen molar-refractivity contribution >= 4 is 23.0 Å². The van der Waals surface area contributed by atoms with Gasteiger partial charge in [-0.3, -0.25) is 0 Å². The number of rotatable bonds is 3. The van der Waals surface area contributed by atoms with E-state index in [1.165, 1.54) is 11.4 Å². The molecule has 4 nitrogen and oxygen atoms in total. The molecule has 1 aliphatic rings. The molecule has 0 saturated heterocycles. The third-order valence-corrected chi connectivity index (χ3v) is 3.61. The van der Waals surface area contributed by atoms with Crippen molar-refractivity contribution in [1.29, 1.82) is 0 Å². The Morgan fingerprint density at radius 3 is 2.65 bits per heavy atom. The highest BCUT2D eigenvalue weighted by Gasteiger charge is 2.21. The minimum Gasteiger partial charge on any atom is -0.371 e. The number of anilines is 4. The Balaban J connectivity index is 1.99. The molecule has 20 heavy (non-hydrogen) atoms. The Bertz CT molecular complexity index is 597. The van der Waals surface area contributed by atoms with Gasteiger partial charge in [0, 0.05) is 26.7 Å². The van der Waals surface area contributed by atoms with Crippen molar-refractivity contribution in [2.75, 3.05) is 41.8 Å². The summed E-state index contributed by atoms with van der Waals surface area (Å²) in [6.45, 7) is 4.93. The molecular weight excluding hydrogens is 248 g/mol. The van der Waals surface area contributed by atoms with E-state index < -0.39 is 0 Å². The Kier molecular flexibility index (Phi) is 3.46. The van der Waals surface area contributed by atoms with Gasteiger partial charge in [-0.1, -0.05) is 18.2 Å². The van der Waals surface area contributed by atoms with Crippen molar-refractivity contribution in [1.82, 2.24) is 4.98 Å². The summed E-state index contributed by atoms with van der Waals surface area (Å²) in [7, 11) is 2.14. The molecule has 0 saturated carbocycles. The minimum atomic E-state index is 0.885. The van der Waals surface area contributed by atoms with Gasteiger partial charge in [-0.05, 0) is 31.2 Å². The molecule has 2 heterocycles. The number of fused-ring (bicyclic) bond motifs is 1. The highest BCUT2D eigenvalue weighted by Crippen LogP contribution is 2.36. The summed E-state index contributed by atoms with van der Waals surface area (Å²) in [5, 5.41) is 3.27. The molecule has 104 valence electrons. The molecule has 0 fully saturated rings. The van der Waals surface area contributed by atoms with Crippen LogP contribution < -0.4 is 15.1 Å². The van der Waals surface area contributed by atoms with Gasteiger partial charge in [-0.25, -0.2) is 4.98 Å². The first kappa shape index (κ1) is 12.8. The lowest BCUT2D eigenvalue weighted by molar-refractivity contribution is 0.813. The first-order chi connectivity index (χ1) is 9.79. The summed E-state index contributed by atoms with van der Waals surface area (Å²) >= 11 is 0. The van der Waals surface area contributed by atoms with E-state index in [0.717, 1.165) is 31.3 Å². The lowest BCUT2D eigenvalue weighted by Crippen LogP contribution is -2.36. The summed E-state index contributed by atoms with van der Waals surface area (Å²) in [5.74, 6) is 1.94. The number of hydrogen-bond donors (Lipinski definition) is 1. The SMILES string of the molecule is CCNc1cccc(N2CCN(C)c3ccccc32)n1. The van der Waals surface area contributed by atoms with E-state index in [-0.39, 0.29) is 0 Å². The summed E-state index contributed by atoms with van der Waals surface area (Å²) in [6.07, 6.45) is 0. The largest absolute Gasteiger partial charge is 0.371 e. The van der Waals surface area contributed by atoms with E-state index >= 15 is 0 Å². The van der Waals surface area contributed by atoms with Gasteiger partial charge < -0.3 is 15.1 Å². The second kappa shape index (κ2) is 5.41. The van der Waals surface area contributed by atoms with Crippen molar-refractivity contribution in [3.63, 3.8) is 0 Å². The van der Waals surface area contributed by atoms with Gasteiger partial charge in [0.15, 0.2) is 0 Å². The Labute approximate surface area is 120 Å². The maximum Gasteiger partial charge on any atom is 0.135 e. The van der Waals surface area contributed by atoms with Gasteiger partial charge in [-0.2, -0.15) is 0 Å². The van der Waals surface area contributed by atoms with E-state index in [0.29, 0.717) is 0 Å². The molecule has 1 aliphatic heterocycles. The molecule has 0 radical (unpaired) electrons. The molecule has 0 bridgehead atoms. The van der Waals surface area contributed by atoms with Crippen molar-refractivity contribution in [3.05, 3.63) is 42.5 Å². The fraction of sp³-hybridized carbons (Fsp3) is 0.312. The number of pyridine rings is 1. The summed E-state index contributed by atoms with van der Waals surface area (Å²) in [6, 6.07) is 14.6. The van der Waals surface area contributed by atoms with Crippen LogP contribution in [0.15, 0.2) is 42.5 Å². The normalized spacial score (nSPS) is 14.1. The summed E-state index contributed by atoms with van der Waals surface area (Å²) in [4.78, 5) is 9.29. The predicted molar refractivity (Wildman–Crippen MR) is 85.1 cm³/mol. The number of likely N-dealkylation sites (N-methyl/N-ethyl adjacent to an activating group) is 1. The number of para-hydroxylation sites is 2. The van der Waals surface area contributed by atoms with Crippen molar-refractivity contribution < 1.29 is 0 Å². The van der Waals surface area contributed by atoms with Crippen LogP contribution in [0.5, 0.6) is 0 Å². The average molecular weight is 268 g/mol. The standard InChI is InChI=1S/C16H20N4/c1-3-17-15-9-6-10-16(18-15)20-12-11-19(2)13-7-4-5-8-14(13)20/h4-10H,3,11-12H2,1-2H3,(H,17,18). The molecule has 2 aromatic rings. The molecular formula is C16H20N4. The van der Waals surface area contributed by atoms with Gasteiger partial charge in [0.05, 0.1) is 11.4 Å². The van der Waals surface area contributed by atoms with Crippen molar-refractivity contribution in [3.8, 4) is 0 Å². The predicted octanol–water partition coefficient (Wildman–Crippen LogP) is 3.10. The van der Waals surface area contributed by atoms with Crippen LogP contribution >= 0.6 is 0 Å². The van der Waals surface area contributed by atoms with Gasteiger partial charge in [0.1, 0.15) is 11.6 Å². The quantitative estimate of drug-likeness (QED) is 0.927. The second-order valence-electron chi connectivity index (χ2n) is 4.97. The third kappa shape index (κ3) is 2.29. The fourth-order valence-electron chi connectivity index (χ4n) is 2.60. The zero-order chi connectivity index (χ0) is 13.9. The monoisotopic (exact) mass is 268 g/mol.